The summed E-state index contributed by atoms with van der Waals surface area (Å²) < 4.78 is 2.57. The molecular formula is C10H13BrN2O2. The van der Waals surface area contributed by atoms with Crippen molar-refractivity contribution in [2.24, 2.45) is 0 Å². The van der Waals surface area contributed by atoms with Crippen LogP contribution in [0, 0.1) is 13.8 Å². The van der Waals surface area contributed by atoms with E-state index in [9.17, 15) is 4.79 Å². The molecule has 0 aliphatic carbocycles. The number of nitrogens with zero attached hydrogens (tertiary/aromatic N) is 2. The third-order valence-corrected chi connectivity index (χ3v) is 2.43. The Morgan fingerprint density at radius 1 is 1.60 bits per heavy atom. The van der Waals surface area contributed by atoms with Gasteiger partial charge in [-0.1, -0.05) is 22.5 Å². The molecule has 0 saturated carbocycles. The lowest BCUT2D eigenvalue weighted by Crippen LogP contribution is -2.05. The van der Waals surface area contributed by atoms with Crippen molar-refractivity contribution in [2.75, 3.05) is 0 Å². The number of halogens is 1. The number of rotatable bonds is 4. The highest BCUT2D eigenvalue weighted by Gasteiger charge is 2.14. The molecule has 0 aliphatic rings. The number of aromatic nitrogens is 2. The van der Waals surface area contributed by atoms with Gasteiger partial charge in [-0.3, -0.25) is 9.48 Å². The third kappa shape index (κ3) is 2.92. The summed E-state index contributed by atoms with van der Waals surface area (Å²) in [5, 5.41) is 13.0. The monoisotopic (exact) mass is 272 g/mol. The van der Waals surface area contributed by atoms with Gasteiger partial charge in [0.05, 0.1) is 18.7 Å². The van der Waals surface area contributed by atoms with Crippen molar-refractivity contribution in [1.82, 2.24) is 9.78 Å². The molecule has 1 N–H and O–H groups in total. The van der Waals surface area contributed by atoms with Crippen molar-refractivity contribution in [3.05, 3.63) is 28.0 Å². The molecule has 0 aliphatic heterocycles. The number of allylic oxidation sites excluding steroid dienone is 1. The van der Waals surface area contributed by atoms with Gasteiger partial charge < -0.3 is 5.11 Å². The Hall–Kier alpha value is -1.10. The van der Waals surface area contributed by atoms with E-state index in [1.807, 2.05) is 13.8 Å². The molecule has 15 heavy (non-hydrogen) atoms. The van der Waals surface area contributed by atoms with Crippen LogP contribution >= 0.6 is 15.9 Å². The lowest BCUT2D eigenvalue weighted by atomic mass is 10.1. The van der Waals surface area contributed by atoms with Crippen LogP contribution in [0.25, 0.3) is 0 Å². The van der Waals surface area contributed by atoms with Crippen LogP contribution in [0.2, 0.25) is 0 Å². The number of carboxylic acids is 1. The van der Waals surface area contributed by atoms with Crippen LogP contribution in [0.4, 0.5) is 0 Å². The summed E-state index contributed by atoms with van der Waals surface area (Å²) in [6.07, 6.45) is 0.0203. The second kappa shape index (κ2) is 4.61. The molecule has 0 radical (unpaired) electrons. The van der Waals surface area contributed by atoms with Crippen LogP contribution in [0.5, 0.6) is 0 Å². The minimum Gasteiger partial charge on any atom is -0.481 e. The highest BCUT2D eigenvalue weighted by Crippen LogP contribution is 2.16. The topological polar surface area (TPSA) is 55.1 Å². The fourth-order valence-electron chi connectivity index (χ4n) is 1.46. The van der Waals surface area contributed by atoms with Gasteiger partial charge in [-0.25, -0.2) is 0 Å². The molecule has 0 spiro atoms. The Kier molecular flexibility index (Phi) is 3.68. The maximum absolute atomic E-state index is 10.6. The van der Waals surface area contributed by atoms with Gasteiger partial charge in [0.15, 0.2) is 0 Å². The first-order valence-electron chi connectivity index (χ1n) is 4.49. The molecule has 0 bridgehead atoms. The van der Waals surface area contributed by atoms with E-state index in [0.29, 0.717) is 6.54 Å². The third-order valence-electron chi connectivity index (χ3n) is 2.18. The molecule has 0 unspecified atom stereocenters. The Morgan fingerprint density at radius 2 is 2.20 bits per heavy atom. The Bertz CT molecular complexity index is 410. The highest BCUT2D eigenvalue weighted by atomic mass is 79.9. The van der Waals surface area contributed by atoms with Crippen LogP contribution in [0.15, 0.2) is 11.1 Å². The van der Waals surface area contributed by atoms with E-state index in [1.54, 1.807) is 4.68 Å². The fourth-order valence-corrected chi connectivity index (χ4v) is 1.70. The zero-order valence-electron chi connectivity index (χ0n) is 8.75. The number of hydrogen-bond acceptors (Lipinski definition) is 2. The van der Waals surface area contributed by atoms with Gasteiger partial charge in [0.1, 0.15) is 0 Å². The predicted octanol–water partition coefficient (Wildman–Crippen LogP) is 2.04. The minimum atomic E-state index is -0.835. The first-order valence-corrected chi connectivity index (χ1v) is 5.29. The predicted molar refractivity (Wildman–Crippen MR) is 61.1 cm³/mol. The standard InChI is InChI=1S/C10H13BrN2O2/c1-6(11)5-13-8(3)9(4-10(14)15)7(2)12-13/h1,4-5H2,2-3H3,(H,14,15). The molecule has 0 fully saturated rings. The van der Waals surface area contributed by atoms with E-state index in [2.05, 4.69) is 27.6 Å². The van der Waals surface area contributed by atoms with Crippen LogP contribution in [0.1, 0.15) is 17.0 Å². The van der Waals surface area contributed by atoms with E-state index in [0.717, 1.165) is 21.4 Å². The van der Waals surface area contributed by atoms with Gasteiger partial charge in [-0.05, 0) is 13.8 Å². The molecule has 1 aromatic heterocycles. The number of aliphatic carboxylic acids is 1. The van der Waals surface area contributed by atoms with Gasteiger partial charge in [-0.15, -0.1) is 0 Å². The molecule has 4 nitrogen and oxygen atoms in total. The molecule has 0 atom stereocenters. The average molecular weight is 273 g/mol. The number of carbonyl (C=O) groups is 1. The first-order chi connectivity index (χ1) is 6.91. The molecule has 5 heteroatoms. The van der Waals surface area contributed by atoms with Crippen molar-refractivity contribution >= 4 is 21.9 Å². The maximum Gasteiger partial charge on any atom is 0.307 e. The highest BCUT2D eigenvalue weighted by molar-refractivity contribution is 9.11. The van der Waals surface area contributed by atoms with E-state index in [-0.39, 0.29) is 6.42 Å². The second-order valence-electron chi connectivity index (χ2n) is 3.39. The van der Waals surface area contributed by atoms with E-state index >= 15 is 0 Å². The number of aryl methyl sites for hydroxylation is 1. The van der Waals surface area contributed by atoms with E-state index in [4.69, 9.17) is 5.11 Å². The minimum absolute atomic E-state index is 0.0203. The SMILES string of the molecule is C=C(Br)Cn1nc(C)c(CC(=O)O)c1C. The van der Waals surface area contributed by atoms with Crippen LogP contribution in [-0.4, -0.2) is 20.9 Å². The van der Waals surface area contributed by atoms with Crippen LogP contribution in [0.3, 0.4) is 0 Å². The van der Waals surface area contributed by atoms with E-state index in [1.165, 1.54) is 0 Å². The van der Waals surface area contributed by atoms with Crippen molar-refractivity contribution in [3.63, 3.8) is 0 Å². The summed E-state index contributed by atoms with van der Waals surface area (Å²) in [6.45, 7) is 7.98. The largest absolute Gasteiger partial charge is 0.481 e. The average Bonchev–Trinajstić information content (AvgIpc) is 2.31. The summed E-state index contributed by atoms with van der Waals surface area (Å²) in [7, 11) is 0. The molecule has 82 valence electrons. The Morgan fingerprint density at radius 3 is 2.67 bits per heavy atom. The normalized spacial score (nSPS) is 10.3. The van der Waals surface area contributed by atoms with E-state index < -0.39 is 5.97 Å². The van der Waals surface area contributed by atoms with Crippen LogP contribution in [-0.2, 0) is 17.8 Å². The fraction of sp³-hybridized carbons (Fsp3) is 0.400. The smallest absolute Gasteiger partial charge is 0.307 e. The molecule has 0 amide bonds. The number of hydrogen-bond donors (Lipinski definition) is 1. The first kappa shape index (κ1) is 12.0. The Balaban J connectivity index is 3.03. The molecule has 1 aromatic rings. The van der Waals surface area contributed by atoms with Gasteiger partial charge in [0.2, 0.25) is 0 Å². The summed E-state index contributed by atoms with van der Waals surface area (Å²) in [4.78, 5) is 10.6. The van der Waals surface area contributed by atoms with Gasteiger partial charge in [0.25, 0.3) is 0 Å². The molecular weight excluding hydrogens is 260 g/mol. The zero-order chi connectivity index (χ0) is 11.6. The van der Waals surface area contributed by atoms with Gasteiger partial charge in [-0.2, -0.15) is 5.10 Å². The lowest BCUT2D eigenvalue weighted by Gasteiger charge is -2.02. The summed E-state index contributed by atoms with van der Waals surface area (Å²) in [5.74, 6) is -0.835. The molecule has 0 aromatic carbocycles. The van der Waals surface area contributed by atoms with Gasteiger partial charge >= 0.3 is 5.97 Å². The van der Waals surface area contributed by atoms with Crippen molar-refractivity contribution < 1.29 is 9.90 Å². The van der Waals surface area contributed by atoms with Crippen molar-refractivity contribution in [2.45, 2.75) is 26.8 Å². The molecule has 1 heterocycles. The quantitative estimate of drug-likeness (QED) is 0.913. The lowest BCUT2D eigenvalue weighted by molar-refractivity contribution is -0.136. The van der Waals surface area contributed by atoms with Crippen molar-refractivity contribution in [1.29, 1.82) is 0 Å². The Labute approximate surface area is 96.7 Å². The summed E-state index contributed by atoms with van der Waals surface area (Å²) >= 11 is 3.26. The molecule has 0 saturated heterocycles. The maximum atomic E-state index is 10.6. The summed E-state index contributed by atoms with van der Waals surface area (Å²) in [6, 6.07) is 0. The second-order valence-corrected chi connectivity index (χ2v) is 4.52. The zero-order valence-corrected chi connectivity index (χ0v) is 10.3. The van der Waals surface area contributed by atoms with Crippen molar-refractivity contribution in [3.8, 4) is 0 Å². The van der Waals surface area contributed by atoms with Gasteiger partial charge in [0, 0.05) is 15.7 Å². The number of carboxylic acid groups (broad SMARTS) is 1. The van der Waals surface area contributed by atoms with Crippen LogP contribution < -0.4 is 0 Å². The summed E-state index contributed by atoms with van der Waals surface area (Å²) in [5.41, 5.74) is 2.44. The molecule has 1 rings (SSSR count).